The van der Waals surface area contributed by atoms with Crippen LogP contribution >= 0.6 is 0 Å². The number of carbonyl (C=O) groups is 2. The zero-order chi connectivity index (χ0) is 20.1. The Morgan fingerprint density at radius 3 is 2.61 bits per heavy atom. The van der Waals surface area contributed by atoms with Crippen LogP contribution in [0.1, 0.15) is 12.5 Å². The lowest BCUT2D eigenvalue weighted by Crippen LogP contribution is -2.47. The third-order valence-electron chi connectivity index (χ3n) is 4.73. The number of hydroxylamine groups is 2. The van der Waals surface area contributed by atoms with Gasteiger partial charge < -0.3 is 20.6 Å². The minimum atomic E-state index is -0.876. The van der Waals surface area contributed by atoms with Gasteiger partial charge in [-0.2, -0.15) is 0 Å². The van der Waals surface area contributed by atoms with Gasteiger partial charge in [-0.25, -0.2) is 9.59 Å². The Bertz CT molecular complexity index is 786. The molecule has 1 atom stereocenters. The van der Waals surface area contributed by atoms with Crippen LogP contribution in [0, 0.1) is 0 Å². The van der Waals surface area contributed by atoms with Crippen molar-refractivity contribution in [3.8, 4) is 0 Å². The van der Waals surface area contributed by atoms with Gasteiger partial charge in [0.05, 0.1) is 17.9 Å². The van der Waals surface area contributed by atoms with E-state index in [1.54, 1.807) is 18.2 Å². The van der Waals surface area contributed by atoms with Gasteiger partial charge >= 0.3 is 12.1 Å². The summed E-state index contributed by atoms with van der Waals surface area (Å²) in [5.41, 5.74) is 2.19. The van der Waals surface area contributed by atoms with Gasteiger partial charge in [-0.3, -0.25) is 15.2 Å². The van der Waals surface area contributed by atoms with E-state index < -0.39 is 12.1 Å². The molecule has 1 unspecified atom stereocenters. The van der Waals surface area contributed by atoms with Crippen LogP contribution in [0.15, 0.2) is 48.3 Å². The maximum Gasteiger partial charge on any atom is 0.407 e. The predicted molar refractivity (Wildman–Crippen MR) is 104 cm³/mol. The first-order valence-corrected chi connectivity index (χ1v) is 9.15. The van der Waals surface area contributed by atoms with E-state index in [4.69, 9.17) is 5.11 Å². The van der Waals surface area contributed by atoms with Crippen molar-refractivity contribution < 1.29 is 19.9 Å². The van der Waals surface area contributed by atoms with Gasteiger partial charge in [0, 0.05) is 38.4 Å². The molecule has 2 aliphatic heterocycles. The van der Waals surface area contributed by atoms with Crippen LogP contribution in [-0.2, 0) is 6.54 Å². The van der Waals surface area contributed by atoms with Gasteiger partial charge in [0.2, 0.25) is 0 Å². The molecule has 0 saturated carbocycles. The second-order valence-corrected chi connectivity index (χ2v) is 6.89. The molecule has 150 valence electrons. The molecule has 9 heteroatoms. The standard InChI is InChI=1S/C19H25N5O4/c1-14-5-6-17(13-24(14)28)21-18(25)20-16-4-2-3-15(11-16)12-22-7-9-23(10-8-22)19(26)27/h2-6,11,13-14,28H,7-10,12H2,1H3,(H,26,27)(H2,20,21,25). The number of hydrogen-bond donors (Lipinski definition) is 4. The number of hydrogen-bond acceptors (Lipinski definition) is 5. The molecule has 1 aromatic carbocycles. The fourth-order valence-corrected chi connectivity index (χ4v) is 3.10. The summed E-state index contributed by atoms with van der Waals surface area (Å²) in [7, 11) is 0. The van der Waals surface area contributed by atoms with Crippen molar-refractivity contribution >= 4 is 17.8 Å². The van der Waals surface area contributed by atoms with Crippen LogP contribution in [0.5, 0.6) is 0 Å². The summed E-state index contributed by atoms with van der Waals surface area (Å²) in [5.74, 6) is 0. The second kappa shape index (κ2) is 8.77. The first-order valence-electron chi connectivity index (χ1n) is 9.15. The molecular formula is C19H25N5O4. The highest BCUT2D eigenvalue weighted by molar-refractivity contribution is 5.90. The number of amides is 3. The van der Waals surface area contributed by atoms with Gasteiger partial charge in [0.25, 0.3) is 0 Å². The third-order valence-corrected chi connectivity index (χ3v) is 4.73. The number of benzene rings is 1. The minimum Gasteiger partial charge on any atom is -0.465 e. The molecule has 0 aromatic heterocycles. The van der Waals surface area contributed by atoms with Crippen LogP contribution in [-0.4, -0.2) is 69.5 Å². The summed E-state index contributed by atoms with van der Waals surface area (Å²) in [4.78, 5) is 26.8. The highest BCUT2D eigenvalue weighted by Crippen LogP contribution is 2.15. The topological polar surface area (TPSA) is 108 Å². The van der Waals surface area contributed by atoms with Crippen LogP contribution in [0.3, 0.4) is 0 Å². The van der Waals surface area contributed by atoms with Crippen molar-refractivity contribution in [2.75, 3.05) is 31.5 Å². The molecule has 0 aliphatic carbocycles. The molecule has 1 fully saturated rings. The van der Waals surface area contributed by atoms with E-state index in [0.29, 0.717) is 44.1 Å². The fourth-order valence-electron chi connectivity index (χ4n) is 3.10. The van der Waals surface area contributed by atoms with E-state index >= 15 is 0 Å². The molecule has 0 radical (unpaired) electrons. The van der Waals surface area contributed by atoms with E-state index in [1.807, 2.05) is 25.1 Å². The SMILES string of the molecule is CC1C=CC(NC(=O)Nc2cccc(CN3CCN(C(=O)O)CC3)c2)=CN1O. The van der Waals surface area contributed by atoms with Crippen molar-refractivity contribution in [2.45, 2.75) is 19.5 Å². The molecule has 3 rings (SSSR count). The lowest BCUT2D eigenvalue weighted by Gasteiger charge is -2.33. The monoisotopic (exact) mass is 387 g/mol. The third kappa shape index (κ3) is 5.24. The van der Waals surface area contributed by atoms with Crippen molar-refractivity contribution in [1.29, 1.82) is 0 Å². The number of carbonyl (C=O) groups excluding carboxylic acids is 1. The Kier molecular flexibility index (Phi) is 6.17. The number of nitrogens with one attached hydrogen (secondary N) is 2. The van der Waals surface area contributed by atoms with E-state index in [1.165, 1.54) is 11.1 Å². The summed E-state index contributed by atoms with van der Waals surface area (Å²) in [6.45, 7) is 4.88. The Hall–Kier alpha value is -3.04. The Balaban J connectivity index is 1.52. The summed E-state index contributed by atoms with van der Waals surface area (Å²) in [6, 6.07) is 7.01. The van der Waals surface area contributed by atoms with Crippen molar-refractivity contribution in [2.24, 2.45) is 0 Å². The molecule has 2 heterocycles. The molecular weight excluding hydrogens is 362 g/mol. The van der Waals surface area contributed by atoms with Gasteiger partial charge in [0.15, 0.2) is 0 Å². The van der Waals surface area contributed by atoms with Gasteiger partial charge in [-0.1, -0.05) is 18.2 Å². The van der Waals surface area contributed by atoms with Crippen molar-refractivity contribution in [1.82, 2.24) is 20.2 Å². The number of rotatable bonds is 4. The molecule has 1 aromatic rings. The normalized spacial score (nSPS) is 19.9. The largest absolute Gasteiger partial charge is 0.465 e. The van der Waals surface area contributed by atoms with Crippen LogP contribution in [0.25, 0.3) is 0 Å². The number of piperazine rings is 1. The Morgan fingerprint density at radius 1 is 1.18 bits per heavy atom. The molecule has 1 saturated heterocycles. The highest BCUT2D eigenvalue weighted by atomic mass is 16.5. The number of nitrogens with zero attached hydrogens (tertiary/aromatic N) is 3. The lowest BCUT2D eigenvalue weighted by atomic mass is 10.1. The molecule has 9 nitrogen and oxygen atoms in total. The van der Waals surface area contributed by atoms with Crippen molar-refractivity contribution in [3.63, 3.8) is 0 Å². The summed E-state index contributed by atoms with van der Waals surface area (Å²) in [5, 5.41) is 25.2. The minimum absolute atomic E-state index is 0.136. The van der Waals surface area contributed by atoms with Gasteiger partial charge in [0.1, 0.15) is 0 Å². The predicted octanol–water partition coefficient (Wildman–Crippen LogP) is 2.09. The molecule has 28 heavy (non-hydrogen) atoms. The maximum absolute atomic E-state index is 12.2. The average molecular weight is 387 g/mol. The van der Waals surface area contributed by atoms with Crippen LogP contribution in [0.2, 0.25) is 0 Å². The lowest BCUT2D eigenvalue weighted by molar-refractivity contribution is -0.0614. The zero-order valence-electron chi connectivity index (χ0n) is 15.7. The van der Waals surface area contributed by atoms with Gasteiger partial charge in [-0.05, 0) is 30.7 Å². The second-order valence-electron chi connectivity index (χ2n) is 6.89. The zero-order valence-corrected chi connectivity index (χ0v) is 15.7. The highest BCUT2D eigenvalue weighted by Gasteiger charge is 2.20. The number of anilines is 1. The number of allylic oxidation sites excluding steroid dienone is 1. The van der Waals surface area contributed by atoms with Crippen molar-refractivity contribution in [3.05, 3.63) is 53.9 Å². The van der Waals surface area contributed by atoms with E-state index in [2.05, 4.69) is 15.5 Å². The Labute approximate surface area is 163 Å². The molecule has 4 N–H and O–H groups in total. The summed E-state index contributed by atoms with van der Waals surface area (Å²) < 4.78 is 0. The molecule has 0 bridgehead atoms. The first kappa shape index (κ1) is 19.7. The van der Waals surface area contributed by atoms with E-state index in [9.17, 15) is 14.8 Å². The molecule has 0 spiro atoms. The molecule has 3 amide bonds. The van der Waals surface area contributed by atoms with Crippen LogP contribution < -0.4 is 10.6 Å². The smallest absolute Gasteiger partial charge is 0.407 e. The quantitative estimate of drug-likeness (QED) is 0.630. The molecule has 2 aliphatic rings. The summed E-state index contributed by atoms with van der Waals surface area (Å²) in [6.07, 6.45) is 4.10. The Morgan fingerprint density at radius 2 is 1.93 bits per heavy atom. The van der Waals surface area contributed by atoms with Gasteiger partial charge in [-0.15, -0.1) is 0 Å². The van der Waals surface area contributed by atoms with E-state index in [0.717, 1.165) is 10.6 Å². The number of carboxylic acid groups (broad SMARTS) is 1. The van der Waals surface area contributed by atoms with Crippen LogP contribution in [0.4, 0.5) is 15.3 Å². The first-order chi connectivity index (χ1) is 13.4. The van der Waals surface area contributed by atoms with E-state index in [-0.39, 0.29) is 6.04 Å². The fraction of sp³-hybridized carbons (Fsp3) is 0.368. The maximum atomic E-state index is 12.2. The summed E-state index contributed by atoms with van der Waals surface area (Å²) >= 11 is 0. The number of urea groups is 1. The average Bonchev–Trinajstić information content (AvgIpc) is 2.65.